The van der Waals surface area contributed by atoms with E-state index in [9.17, 15) is 9.59 Å². The van der Waals surface area contributed by atoms with Crippen LogP contribution in [0.1, 0.15) is 20.3 Å². The van der Waals surface area contributed by atoms with E-state index in [-0.39, 0.29) is 19.4 Å². The molecular formula is C26H22O2S6. The minimum atomic E-state index is 0.0103. The Kier molecular flexibility index (Phi) is 9.68. The predicted molar refractivity (Wildman–Crippen MR) is 159 cm³/mol. The van der Waals surface area contributed by atoms with Gasteiger partial charge in [-0.25, -0.2) is 0 Å². The van der Waals surface area contributed by atoms with Gasteiger partial charge in [-0.15, -0.1) is 47.0 Å². The summed E-state index contributed by atoms with van der Waals surface area (Å²) in [5.74, 6) is 1.38. The van der Waals surface area contributed by atoms with E-state index in [2.05, 4.69) is 72.5 Å². The summed E-state index contributed by atoms with van der Waals surface area (Å²) >= 11 is 9.87. The Hall–Kier alpha value is -1.16. The maximum absolute atomic E-state index is 11.6. The zero-order valence-electron chi connectivity index (χ0n) is 18.2. The van der Waals surface area contributed by atoms with Crippen LogP contribution in [0.4, 0.5) is 0 Å². The summed E-state index contributed by atoms with van der Waals surface area (Å²) < 4.78 is 0.523. The lowest BCUT2D eigenvalue weighted by atomic mass is 9.96. The van der Waals surface area contributed by atoms with Crippen molar-refractivity contribution in [2.45, 2.75) is 9.16 Å². The molecule has 2 unspecified atom stereocenters. The van der Waals surface area contributed by atoms with Gasteiger partial charge in [-0.05, 0) is 45.2 Å². The van der Waals surface area contributed by atoms with Crippen molar-refractivity contribution in [3.05, 3.63) is 106 Å². The second-order valence-corrected chi connectivity index (χ2v) is 14.1. The summed E-state index contributed by atoms with van der Waals surface area (Å²) in [4.78, 5) is 25.7. The molecule has 2 atom stereocenters. The highest BCUT2D eigenvalue weighted by molar-refractivity contribution is 8.24. The Bertz CT molecular complexity index is 1080. The molecule has 34 heavy (non-hydrogen) atoms. The van der Waals surface area contributed by atoms with Crippen molar-refractivity contribution < 1.29 is 9.59 Å². The smallest absolute Gasteiger partial charge is 0.211 e. The molecule has 0 aliphatic carbocycles. The first-order valence-electron chi connectivity index (χ1n) is 10.4. The van der Waals surface area contributed by atoms with Crippen LogP contribution in [-0.4, -0.2) is 21.7 Å². The van der Waals surface area contributed by atoms with Gasteiger partial charge < -0.3 is 0 Å². The first-order valence-corrected chi connectivity index (χ1v) is 16.0. The molecule has 0 amide bonds. The quantitative estimate of drug-likeness (QED) is 0.282. The van der Waals surface area contributed by atoms with Gasteiger partial charge in [0.2, 0.25) is 10.2 Å². The minimum absolute atomic E-state index is 0.0103. The lowest BCUT2D eigenvalue weighted by Gasteiger charge is -2.20. The topological polar surface area (TPSA) is 34.1 Å². The van der Waals surface area contributed by atoms with Crippen LogP contribution in [0.15, 0.2) is 94.5 Å². The Morgan fingerprint density at radius 3 is 1.56 bits per heavy atom. The number of hydrogen-bond donors (Lipinski definition) is 0. The fourth-order valence-electron chi connectivity index (χ4n) is 3.37. The molecule has 0 bridgehead atoms. The molecule has 4 rings (SSSR count). The fraction of sp³-hybridized carbons (Fsp3) is 0.154. The third-order valence-electron chi connectivity index (χ3n) is 4.93. The Morgan fingerprint density at radius 2 is 1.15 bits per heavy atom. The van der Waals surface area contributed by atoms with Crippen LogP contribution >= 0.6 is 70.6 Å². The van der Waals surface area contributed by atoms with Crippen molar-refractivity contribution >= 4 is 80.8 Å². The van der Waals surface area contributed by atoms with Crippen LogP contribution < -0.4 is 0 Å². The van der Waals surface area contributed by atoms with Crippen molar-refractivity contribution in [1.29, 1.82) is 0 Å². The van der Waals surface area contributed by atoms with Gasteiger partial charge in [0.05, 0.1) is 9.16 Å². The first kappa shape index (κ1) is 25.9. The molecule has 0 fully saturated rings. The molecule has 0 aromatic heterocycles. The van der Waals surface area contributed by atoms with Gasteiger partial charge in [-0.1, -0.05) is 85.2 Å². The number of thioether (sulfide) groups is 6. The van der Waals surface area contributed by atoms with E-state index in [1.54, 1.807) is 0 Å². The van der Waals surface area contributed by atoms with Gasteiger partial charge in [-0.2, -0.15) is 0 Å². The molecule has 174 valence electrons. The zero-order chi connectivity index (χ0) is 23.9. The van der Waals surface area contributed by atoms with Crippen molar-refractivity contribution in [3.63, 3.8) is 0 Å². The SMILES string of the molecule is C=CC(=O)SCC1=CSC(c2ccccc2-c2ccccc2C2SC=C(CSC(=O)C=C)S2)S1. The largest absolute Gasteiger partial charge is 0.282 e. The van der Waals surface area contributed by atoms with E-state index in [1.165, 1.54) is 67.7 Å². The molecule has 2 aliphatic heterocycles. The molecule has 2 heterocycles. The number of hydrogen-bond acceptors (Lipinski definition) is 8. The third kappa shape index (κ3) is 6.53. The lowest BCUT2D eigenvalue weighted by Crippen LogP contribution is -1.96. The maximum atomic E-state index is 11.6. The van der Waals surface area contributed by atoms with Crippen LogP contribution in [0, 0.1) is 0 Å². The second-order valence-electron chi connectivity index (χ2n) is 7.14. The van der Waals surface area contributed by atoms with Gasteiger partial charge in [-0.3, -0.25) is 9.59 Å². The maximum Gasteiger partial charge on any atom is 0.211 e. The van der Waals surface area contributed by atoms with Crippen LogP contribution in [0.5, 0.6) is 0 Å². The van der Waals surface area contributed by atoms with Gasteiger partial charge in [0, 0.05) is 21.3 Å². The average molecular weight is 559 g/mol. The summed E-state index contributed by atoms with van der Waals surface area (Å²) in [6, 6.07) is 17.2. The van der Waals surface area contributed by atoms with E-state index in [1.807, 2.05) is 47.0 Å². The summed E-state index contributed by atoms with van der Waals surface area (Å²) in [7, 11) is 0. The summed E-state index contributed by atoms with van der Waals surface area (Å²) in [6.45, 7) is 7.10. The molecule has 2 aromatic carbocycles. The van der Waals surface area contributed by atoms with Gasteiger partial charge in [0.25, 0.3) is 0 Å². The molecule has 2 aromatic rings. The second kappa shape index (κ2) is 12.7. The minimum Gasteiger partial charge on any atom is -0.282 e. The average Bonchev–Trinajstić information content (AvgIpc) is 3.55. The van der Waals surface area contributed by atoms with Gasteiger partial charge in [0.15, 0.2) is 0 Å². The number of carbonyl (C=O) groups is 2. The molecule has 0 saturated carbocycles. The summed E-state index contributed by atoms with van der Waals surface area (Å²) in [5.41, 5.74) is 5.09. The number of benzene rings is 2. The fourth-order valence-corrected chi connectivity index (χ4v) is 10.4. The van der Waals surface area contributed by atoms with Crippen LogP contribution in [-0.2, 0) is 9.59 Å². The molecule has 2 nitrogen and oxygen atoms in total. The Morgan fingerprint density at radius 1 is 0.735 bits per heavy atom. The first-order chi connectivity index (χ1) is 16.6. The van der Waals surface area contributed by atoms with E-state index in [4.69, 9.17) is 0 Å². The van der Waals surface area contributed by atoms with E-state index < -0.39 is 0 Å². The van der Waals surface area contributed by atoms with Crippen LogP contribution in [0.2, 0.25) is 0 Å². The Labute approximate surface area is 226 Å². The molecule has 8 heteroatoms. The van der Waals surface area contributed by atoms with Gasteiger partial charge >= 0.3 is 0 Å². The van der Waals surface area contributed by atoms with Crippen molar-refractivity contribution in [3.8, 4) is 11.1 Å². The normalized spacial score (nSPS) is 19.4. The van der Waals surface area contributed by atoms with Gasteiger partial charge in [0.1, 0.15) is 0 Å². The predicted octanol–water partition coefficient (Wildman–Crippen LogP) is 8.89. The number of carbonyl (C=O) groups excluding carboxylic acids is 2. The molecule has 0 radical (unpaired) electrons. The zero-order valence-corrected chi connectivity index (χ0v) is 23.1. The van der Waals surface area contributed by atoms with Crippen LogP contribution in [0.3, 0.4) is 0 Å². The standard InChI is InChI=1S/C26H22O2S6/c1-3-23(27)29-13-17-15-31-25(33-17)21-11-7-5-9-19(21)20-10-6-8-12-22(20)26-32-16-18(34-26)14-30-24(28)4-2/h3-12,15-16,25-26H,1-2,13-14H2. The van der Waals surface area contributed by atoms with Crippen molar-refractivity contribution in [1.82, 2.24) is 0 Å². The monoisotopic (exact) mass is 558 g/mol. The van der Waals surface area contributed by atoms with E-state index in [0.717, 1.165) is 0 Å². The highest BCUT2D eigenvalue weighted by Gasteiger charge is 2.27. The highest BCUT2D eigenvalue weighted by Crippen LogP contribution is 2.56. The molecule has 0 spiro atoms. The Balaban J connectivity index is 1.51. The van der Waals surface area contributed by atoms with Crippen molar-refractivity contribution in [2.75, 3.05) is 11.5 Å². The number of rotatable bonds is 9. The molecular weight excluding hydrogens is 537 g/mol. The van der Waals surface area contributed by atoms with Crippen LogP contribution in [0.25, 0.3) is 11.1 Å². The van der Waals surface area contributed by atoms with E-state index >= 15 is 0 Å². The molecule has 0 N–H and O–H groups in total. The highest BCUT2D eigenvalue weighted by atomic mass is 32.2. The van der Waals surface area contributed by atoms with E-state index in [0.29, 0.717) is 11.5 Å². The molecule has 2 aliphatic rings. The summed E-state index contributed by atoms with van der Waals surface area (Å²) in [5, 5.41) is 4.39. The van der Waals surface area contributed by atoms with Crippen molar-refractivity contribution in [2.24, 2.45) is 0 Å². The summed E-state index contributed by atoms with van der Waals surface area (Å²) in [6.07, 6.45) is 2.74. The third-order valence-corrected chi connectivity index (χ3v) is 12.6. The molecule has 0 saturated heterocycles. The lowest BCUT2D eigenvalue weighted by molar-refractivity contribution is -0.107.